The van der Waals surface area contributed by atoms with Crippen molar-refractivity contribution in [1.82, 2.24) is 10.2 Å². The number of amides is 2. The Hall–Kier alpha value is -2.60. The van der Waals surface area contributed by atoms with Crippen molar-refractivity contribution < 1.29 is 18.7 Å². The summed E-state index contributed by atoms with van der Waals surface area (Å²) in [5, 5.41) is 3.67. The highest BCUT2D eigenvalue weighted by Gasteiger charge is 2.28. The highest BCUT2D eigenvalue weighted by Crippen LogP contribution is 2.20. The zero-order valence-corrected chi connectivity index (χ0v) is 19.1. The normalized spacial score (nSPS) is 14.7. The minimum absolute atomic E-state index is 0.0444. The van der Waals surface area contributed by atoms with Gasteiger partial charge in [-0.2, -0.15) is 0 Å². The SMILES string of the molecule is CC(C(=O)NC1CCCC1)N(Cc1ccccc1F)C(=O)CCCOc1ccc(Cl)cc1. The second-order valence-corrected chi connectivity index (χ2v) is 8.62. The highest BCUT2D eigenvalue weighted by molar-refractivity contribution is 6.30. The minimum atomic E-state index is -0.695. The van der Waals surface area contributed by atoms with E-state index in [9.17, 15) is 14.0 Å². The van der Waals surface area contributed by atoms with E-state index in [1.807, 2.05) is 0 Å². The number of hydrogen-bond acceptors (Lipinski definition) is 3. The number of carbonyl (C=O) groups is 2. The Labute approximate surface area is 193 Å². The van der Waals surface area contributed by atoms with Crippen molar-refractivity contribution in [3.05, 3.63) is 64.9 Å². The van der Waals surface area contributed by atoms with Crippen molar-refractivity contribution in [2.24, 2.45) is 0 Å². The molecule has 1 unspecified atom stereocenters. The number of rotatable bonds is 10. The van der Waals surface area contributed by atoms with Gasteiger partial charge in [0.15, 0.2) is 0 Å². The maximum absolute atomic E-state index is 14.3. The topological polar surface area (TPSA) is 58.6 Å². The van der Waals surface area contributed by atoms with Gasteiger partial charge in [-0.05, 0) is 56.5 Å². The van der Waals surface area contributed by atoms with Gasteiger partial charge >= 0.3 is 0 Å². The molecule has 32 heavy (non-hydrogen) atoms. The first-order chi connectivity index (χ1) is 15.4. The molecule has 1 aliphatic carbocycles. The number of carbonyl (C=O) groups excluding carboxylic acids is 2. The first kappa shape index (κ1) is 24.1. The molecular formula is C25H30ClFN2O3. The lowest BCUT2D eigenvalue weighted by Crippen LogP contribution is -2.49. The van der Waals surface area contributed by atoms with Gasteiger partial charge in [-0.1, -0.05) is 42.6 Å². The maximum Gasteiger partial charge on any atom is 0.242 e. The van der Waals surface area contributed by atoms with Crippen LogP contribution in [0, 0.1) is 5.82 Å². The zero-order valence-electron chi connectivity index (χ0n) is 18.4. The molecule has 7 heteroatoms. The van der Waals surface area contributed by atoms with Crippen LogP contribution in [0.2, 0.25) is 5.02 Å². The van der Waals surface area contributed by atoms with Gasteiger partial charge in [0.1, 0.15) is 17.6 Å². The van der Waals surface area contributed by atoms with Gasteiger partial charge in [-0.15, -0.1) is 0 Å². The molecule has 2 aromatic rings. The summed E-state index contributed by atoms with van der Waals surface area (Å²) in [5.74, 6) is -0.116. The van der Waals surface area contributed by atoms with Crippen LogP contribution in [0.1, 0.15) is 51.0 Å². The van der Waals surface area contributed by atoms with Crippen LogP contribution in [0.25, 0.3) is 0 Å². The highest BCUT2D eigenvalue weighted by atomic mass is 35.5. The van der Waals surface area contributed by atoms with Crippen LogP contribution < -0.4 is 10.1 Å². The van der Waals surface area contributed by atoms with Crippen LogP contribution in [0.15, 0.2) is 48.5 Å². The van der Waals surface area contributed by atoms with Crippen molar-refractivity contribution >= 4 is 23.4 Å². The van der Waals surface area contributed by atoms with Crippen LogP contribution in [-0.2, 0) is 16.1 Å². The van der Waals surface area contributed by atoms with Gasteiger partial charge in [0, 0.05) is 29.6 Å². The number of nitrogens with zero attached hydrogens (tertiary/aromatic N) is 1. The molecule has 0 radical (unpaired) electrons. The van der Waals surface area contributed by atoms with Crippen molar-refractivity contribution in [2.45, 2.75) is 64.1 Å². The summed E-state index contributed by atoms with van der Waals surface area (Å²) in [6.45, 7) is 2.10. The maximum atomic E-state index is 14.3. The number of hydrogen-bond donors (Lipinski definition) is 1. The van der Waals surface area contributed by atoms with Gasteiger partial charge in [-0.3, -0.25) is 9.59 Å². The molecule has 1 atom stereocenters. The Morgan fingerprint density at radius 3 is 2.53 bits per heavy atom. The molecular weight excluding hydrogens is 431 g/mol. The molecule has 3 rings (SSSR count). The van der Waals surface area contributed by atoms with Crippen LogP contribution >= 0.6 is 11.6 Å². The van der Waals surface area contributed by atoms with E-state index in [-0.39, 0.29) is 36.6 Å². The van der Waals surface area contributed by atoms with Gasteiger partial charge in [0.05, 0.1) is 6.61 Å². The average molecular weight is 461 g/mol. The van der Waals surface area contributed by atoms with E-state index < -0.39 is 6.04 Å². The Balaban J connectivity index is 1.60. The van der Waals surface area contributed by atoms with Crippen molar-refractivity contribution in [3.8, 4) is 5.75 Å². The van der Waals surface area contributed by atoms with Crippen LogP contribution in [0.5, 0.6) is 5.75 Å². The number of benzene rings is 2. The molecule has 5 nitrogen and oxygen atoms in total. The summed E-state index contributed by atoms with van der Waals surface area (Å²) in [7, 11) is 0. The third-order valence-corrected chi connectivity index (χ3v) is 6.04. The smallest absolute Gasteiger partial charge is 0.242 e. The number of ether oxygens (including phenoxy) is 1. The lowest BCUT2D eigenvalue weighted by Gasteiger charge is -2.30. The molecule has 0 spiro atoms. The second-order valence-electron chi connectivity index (χ2n) is 8.18. The lowest BCUT2D eigenvalue weighted by molar-refractivity contribution is -0.141. The lowest BCUT2D eigenvalue weighted by atomic mass is 10.1. The predicted molar refractivity (Wildman–Crippen MR) is 123 cm³/mol. The van der Waals surface area contributed by atoms with E-state index in [2.05, 4.69) is 5.32 Å². The molecule has 0 heterocycles. The molecule has 2 amide bonds. The van der Waals surface area contributed by atoms with E-state index in [0.29, 0.717) is 29.4 Å². The summed E-state index contributed by atoms with van der Waals surface area (Å²) in [6, 6.07) is 12.8. The van der Waals surface area contributed by atoms with E-state index in [4.69, 9.17) is 16.3 Å². The summed E-state index contributed by atoms with van der Waals surface area (Å²) < 4.78 is 19.9. The quantitative estimate of drug-likeness (QED) is 0.501. The zero-order chi connectivity index (χ0) is 22.9. The average Bonchev–Trinajstić information content (AvgIpc) is 3.30. The van der Waals surface area contributed by atoms with Crippen LogP contribution in [0.4, 0.5) is 4.39 Å². The monoisotopic (exact) mass is 460 g/mol. The van der Waals surface area contributed by atoms with E-state index >= 15 is 0 Å². The van der Waals surface area contributed by atoms with Crippen LogP contribution in [0.3, 0.4) is 0 Å². The molecule has 0 bridgehead atoms. The Morgan fingerprint density at radius 1 is 1.16 bits per heavy atom. The first-order valence-electron chi connectivity index (χ1n) is 11.2. The van der Waals surface area contributed by atoms with Gasteiger partial charge < -0.3 is 15.0 Å². The second kappa shape index (κ2) is 11.9. The minimum Gasteiger partial charge on any atom is -0.494 e. The Bertz CT molecular complexity index is 900. The molecule has 1 N–H and O–H groups in total. The molecule has 1 aliphatic rings. The fraction of sp³-hybridized carbons (Fsp3) is 0.440. The van der Waals surface area contributed by atoms with Crippen LogP contribution in [-0.4, -0.2) is 35.4 Å². The van der Waals surface area contributed by atoms with Crippen molar-refractivity contribution in [2.75, 3.05) is 6.61 Å². The molecule has 172 valence electrons. The van der Waals surface area contributed by atoms with E-state index in [1.165, 1.54) is 11.0 Å². The third kappa shape index (κ3) is 6.95. The van der Waals surface area contributed by atoms with E-state index in [0.717, 1.165) is 25.7 Å². The van der Waals surface area contributed by atoms with Gasteiger partial charge in [-0.25, -0.2) is 4.39 Å². The summed E-state index contributed by atoms with van der Waals surface area (Å²) in [6.07, 6.45) is 4.80. The van der Waals surface area contributed by atoms with Gasteiger partial charge in [0.25, 0.3) is 0 Å². The summed E-state index contributed by atoms with van der Waals surface area (Å²) in [5.41, 5.74) is 0.388. The van der Waals surface area contributed by atoms with Crippen molar-refractivity contribution in [1.29, 1.82) is 0 Å². The fourth-order valence-corrected chi connectivity index (χ4v) is 4.00. The first-order valence-corrected chi connectivity index (χ1v) is 11.5. The predicted octanol–water partition coefficient (Wildman–Crippen LogP) is 5.11. The third-order valence-electron chi connectivity index (χ3n) is 5.78. The van der Waals surface area contributed by atoms with Crippen molar-refractivity contribution in [3.63, 3.8) is 0 Å². The molecule has 1 saturated carbocycles. The number of nitrogens with one attached hydrogen (secondary N) is 1. The Kier molecular flexibility index (Phi) is 8.91. The molecule has 2 aromatic carbocycles. The Morgan fingerprint density at radius 2 is 1.84 bits per heavy atom. The standard InChI is InChI=1S/C25H30ClFN2O3/c1-18(25(31)28-21-8-3-4-9-21)29(17-19-7-2-5-10-23(19)27)24(30)11-6-16-32-22-14-12-20(26)13-15-22/h2,5,7,10,12-15,18,21H,3-4,6,8-9,11,16-17H2,1H3,(H,28,31). The molecule has 0 saturated heterocycles. The number of halogens is 2. The largest absolute Gasteiger partial charge is 0.494 e. The van der Waals surface area contributed by atoms with Gasteiger partial charge in [0.2, 0.25) is 11.8 Å². The molecule has 0 aliphatic heterocycles. The molecule has 1 fully saturated rings. The fourth-order valence-electron chi connectivity index (χ4n) is 3.87. The molecule has 0 aromatic heterocycles. The summed E-state index contributed by atoms with van der Waals surface area (Å²) >= 11 is 5.87. The summed E-state index contributed by atoms with van der Waals surface area (Å²) in [4.78, 5) is 27.3. The van der Waals surface area contributed by atoms with E-state index in [1.54, 1.807) is 49.4 Å².